The second kappa shape index (κ2) is 7.83. The van der Waals surface area contributed by atoms with Gasteiger partial charge in [0.25, 0.3) is 5.95 Å². The second-order valence-corrected chi connectivity index (χ2v) is 7.32. The fourth-order valence-corrected chi connectivity index (χ4v) is 3.61. The van der Waals surface area contributed by atoms with Gasteiger partial charge in [-0.15, -0.1) is 22.0 Å². The van der Waals surface area contributed by atoms with Gasteiger partial charge in [0, 0.05) is 10.6 Å². The fraction of sp³-hybridized carbons (Fsp3) is 0.250. The predicted octanol–water partition coefficient (Wildman–Crippen LogP) is 2.25. The van der Waals surface area contributed by atoms with E-state index in [2.05, 4.69) is 20.6 Å². The Morgan fingerprint density at radius 2 is 2.04 bits per heavy atom. The number of nitrogens with zero attached hydrogens (tertiary/aromatic N) is 5. The van der Waals surface area contributed by atoms with E-state index in [0.717, 1.165) is 22.0 Å². The number of amides is 1. The Morgan fingerprint density at radius 3 is 2.73 bits per heavy atom. The SMILES string of the molecule is CSc1ccccc1NC(=O)CSc1nnc(-n2nc(C)cc2C)n1N. The van der Waals surface area contributed by atoms with E-state index in [1.165, 1.54) is 16.4 Å². The van der Waals surface area contributed by atoms with Crippen LogP contribution < -0.4 is 11.2 Å². The molecular weight excluding hydrogens is 370 g/mol. The van der Waals surface area contributed by atoms with Crippen molar-refractivity contribution in [3.05, 3.63) is 41.7 Å². The van der Waals surface area contributed by atoms with Gasteiger partial charge < -0.3 is 11.2 Å². The van der Waals surface area contributed by atoms with E-state index >= 15 is 0 Å². The normalized spacial score (nSPS) is 10.9. The molecule has 1 aromatic carbocycles. The summed E-state index contributed by atoms with van der Waals surface area (Å²) in [4.78, 5) is 13.3. The van der Waals surface area contributed by atoms with Crippen LogP contribution >= 0.6 is 23.5 Å². The fourth-order valence-electron chi connectivity index (χ4n) is 2.41. The maximum atomic E-state index is 12.2. The quantitative estimate of drug-likeness (QED) is 0.492. The number of rotatable bonds is 6. The number of hydrogen-bond acceptors (Lipinski definition) is 7. The number of para-hydroxylation sites is 1. The molecule has 3 aromatic rings. The Hall–Kier alpha value is -2.46. The first kappa shape index (κ1) is 18.3. The van der Waals surface area contributed by atoms with Gasteiger partial charge in [-0.25, -0.2) is 9.36 Å². The minimum Gasteiger partial charge on any atom is -0.334 e. The Kier molecular flexibility index (Phi) is 5.52. The van der Waals surface area contributed by atoms with Crippen LogP contribution in [0.1, 0.15) is 11.4 Å². The summed E-state index contributed by atoms with van der Waals surface area (Å²) in [6, 6.07) is 9.59. The highest BCUT2D eigenvalue weighted by Gasteiger charge is 2.16. The van der Waals surface area contributed by atoms with Gasteiger partial charge in [0.05, 0.1) is 17.1 Å². The van der Waals surface area contributed by atoms with E-state index in [9.17, 15) is 4.79 Å². The van der Waals surface area contributed by atoms with Crippen molar-refractivity contribution in [2.45, 2.75) is 23.9 Å². The van der Waals surface area contributed by atoms with Gasteiger partial charge in [0.1, 0.15) is 0 Å². The second-order valence-electron chi connectivity index (χ2n) is 5.53. The van der Waals surface area contributed by atoms with E-state index in [4.69, 9.17) is 5.84 Å². The molecule has 10 heteroatoms. The Bertz CT molecular complexity index is 935. The highest BCUT2D eigenvalue weighted by atomic mass is 32.2. The summed E-state index contributed by atoms with van der Waals surface area (Å²) in [5, 5.41) is 15.8. The summed E-state index contributed by atoms with van der Waals surface area (Å²) in [6.07, 6.45) is 1.97. The molecule has 3 rings (SSSR count). The van der Waals surface area contributed by atoms with Crippen LogP contribution in [0.3, 0.4) is 0 Å². The molecule has 0 spiro atoms. The lowest BCUT2D eigenvalue weighted by Crippen LogP contribution is -2.19. The minimum atomic E-state index is -0.132. The number of nitrogens with one attached hydrogen (secondary N) is 1. The zero-order chi connectivity index (χ0) is 18.7. The molecule has 0 aliphatic heterocycles. The number of thioether (sulfide) groups is 2. The van der Waals surface area contributed by atoms with Gasteiger partial charge >= 0.3 is 0 Å². The van der Waals surface area contributed by atoms with Crippen molar-refractivity contribution in [1.82, 2.24) is 24.7 Å². The third-order valence-corrected chi connectivity index (χ3v) is 5.30. The first-order valence-corrected chi connectivity index (χ1v) is 10.0. The number of hydrogen-bond donors (Lipinski definition) is 2. The molecule has 0 aliphatic carbocycles. The Balaban J connectivity index is 1.67. The molecule has 0 saturated carbocycles. The van der Waals surface area contributed by atoms with Crippen LogP contribution in [0.4, 0.5) is 5.69 Å². The summed E-state index contributed by atoms with van der Waals surface area (Å²) in [5.74, 6) is 6.52. The smallest absolute Gasteiger partial charge is 0.271 e. The Labute approximate surface area is 159 Å². The van der Waals surface area contributed by atoms with Crippen LogP contribution in [-0.4, -0.2) is 42.6 Å². The third kappa shape index (κ3) is 3.86. The van der Waals surface area contributed by atoms with E-state index in [-0.39, 0.29) is 11.7 Å². The molecule has 0 unspecified atom stereocenters. The number of benzene rings is 1. The monoisotopic (exact) mass is 389 g/mol. The van der Waals surface area contributed by atoms with Crippen molar-refractivity contribution in [2.75, 3.05) is 23.2 Å². The van der Waals surface area contributed by atoms with Crippen molar-refractivity contribution < 1.29 is 4.79 Å². The largest absolute Gasteiger partial charge is 0.334 e. The molecule has 0 aliphatic rings. The van der Waals surface area contributed by atoms with Crippen LogP contribution in [0.2, 0.25) is 0 Å². The van der Waals surface area contributed by atoms with E-state index in [0.29, 0.717) is 11.1 Å². The van der Waals surface area contributed by atoms with Crippen LogP contribution in [-0.2, 0) is 4.79 Å². The molecule has 0 fully saturated rings. The number of carbonyl (C=O) groups excluding carboxylic acids is 1. The zero-order valence-corrected chi connectivity index (χ0v) is 16.3. The van der Waals surface area contributed by atoms with Crippen molar-refractivity contribution in [3.8, 4) is 5.95 Å². The molecule has 1 amide bonds. The van der Waals surface area contributed by atoms with Crippen molar-refractivity contribution in [3.63, 3.8) is 0 Å². The molecule has 3 N–H and O–H groups in total. The molecule has 8 nitrogen and oxygen atoms in total. The highest BCUT2D eigenvalue weighted by Crippen LogP contribution is 2.25. The van der Waals surface area contributed by atoms with Gasteiger partial charge in [-0.1, -0.05) is 23.9 Å². The summed E-state index contributed by atoms with van der Waals surface area (Å²) >= 11 is 2.80. The van der Waals surface area contributed by atoms with Gasteiger partial charge in [0.2, 0.25) is 11.1 Å². The third-order valence-electron chi connectivity index (χ3n) is 3.56. The first-order valence-electron chi connectivity index (χ1n) is 7.79. The van der Waals surface area contributed by atoms with Crippen LogP contribution in [0, 0.1) is 13.8 Å². The maximum Gasteiger partial charge on any atom is 0.271 e. The topological polar surface area (TPSA) is 104 Å². The molecule has 2 aromatic heterocycles. The average molecular weight is 390 g/mol. The van der Waals surface area contributed by atoms with Crippen molar-refractivity contribution in [1.29, 1.82) is 0 Å². The standard InChI is InChI=1S/C16H19N7OS2/c1-10-8-11(2)23(21-10)15-19-20-16(22(15)17)26-9-14(24)18-12-6-4-5-7-13(12)25-3/h4-8H,9,17H2,1-3H3,(H,18,24). The molecule has 26 heavy (non-hydrogen) atoms. The minimum absolute atomic E-state index is 0.132. The molecule has 0 bridgehead atoms. The summed E-state index contributed by atoms with van der Waals surface area (Å²) < 4.78 is 2.97. The number of carbonyl (C=O) groups is 1. The van der Waals surface area contributed by atoms with Crippen molar-refractivity contribution in [2.24, 2.45) is 0 Å². The number of aryl methyl sites for hydroxylation is 2. The van der Waals surface area contributed by atoms with Crippen molar-refractivity contribution >= 4 is 35.1 Å². The van der Waals surface area contributed by atoms with E-state index in [1.807, 2.05) is 50.4 Å². The van der Waals surface area contributed by atoms with Gasteiger partial charge in [-0.2, -0.15) is 5.10 Å². The van der Waals surface area contributed by atoms with Gasteiger partial charge in [-0.3, -0.25) is 4.79 Å². The summed E-state index contributed by atoms with van der Waals surface area (Å²) in [5.41, 5.74) is 2.57. The lowest BCUT2D eigenvalue weighted by molar-refractivity contribution is -0.113. The number of anilines is 1. The van der Waals surface area contributed by atoms with E-state index < -0.39 is 0 Å². The van der Waals surface area contributed by atoms with Gasteiger partial charge in [-0.05, 0) is 38.3 Å². The average Bonchev–Trinajstić information content (AvgIpc) is 3.14. The van der Waals surface area contributed by atoms with E-state index in [1.54, 1.807) is 16.4 Å². The summed E-state index contributed by atoms with van der Waals surface area (Å²) in [7, 11) is 0. The Morgan fingerprint density at radius 1 is 1.27 bits per heavy atom. The summed E-state index contributed by atoms with van der Waals surface area (Å²) in [6.45, 7) is 3.81. The first-order chi connectivity index (χ1) is 12.5. The lowest BCUT2D eigenvalue weighted by Gasteiger charge is -2.09. The number of nitrogens with two attached hydrogens (primary N) is 1. The molecular formula is C16H19N7OS2. The number of nitrogen functional groups attached to an aromatic ring is 1. The molecule has 0 saturated heterocycles. The highest BCUT2D eigenvalue weighted by molar-refractivity contribution is 7.99. The number of aromatic nitrogens is 5. The van der Waals surface area contributed by atoms with Crippen LogP contribution in [0.5, 0.6) is 0 Å². The molecule has 136 valence electrons. The molecule has 2 heterocycles. The van der Waals surface area contributed by atoms with Crippen LogP contribution in [0.15, 0.2) is 40.4 Å². The van der Waals surface area contributed by atoms with Gasteiger partial charge in [0.15, 0.2) is 0 Å². The maximum absolute atomic E-state index is 12.2. The molecule has 0 atom stereocenters. The lowest BCUT2D eigenvalue weighted by atomic mass is 10.3. The zero-order valence-electron chi connectivity index (χ0n) is 14.6. The van der Waals surface area contributed by atoms with Crippen LogP contribution in [0.25, 0.3) is 5.95 Å². The molecule has 0 radical (unpaired) electrons. The predicted molar refractivity (Wildman–Crippen MR) is 104 cm³/mol.